The van der Waals surface area contributed by atoms with Crippen LogP contribution >= 0.6 is 0 Å². The first kappa shape index (κ1) is 20.1. The number of imide groups is 1. The van der Waals surface area contributed by atoms with Crippen LogP contribution in [0.15, 0.2) is 48.5 Å². The van der Waals surface area contributed by atoms with Crippen molar-refractivity contribution in [3.8, 4) is 0 Å². The molecule has 1 aliphatic heterocycles. The van der Waals surface area contributed by atoms with Gasteiger partial charge in [-0.2, -0.15) is 0 Å². The molecule has 2 atom stereocenters. The van der Waals surface area contributed by atoms with Crippen molar-refractivity contribution in [1.82, 2.24) is 0 Å². The number of anilines is 2. The summed E-state index contributed by atoms with van der Waals surface area (Å²) < 4.78 is 0. The van der Waals surface area contributed by atoms with Crippen LogP contribution in [0.3, 0.4) is 0 Å². The van der Waals surface area contributed by atoms with E-state index in [1.165, 1.54) is 11.0 Å². The molecule has 1 saturated carbocycles. The molecule has 2 aromatic carbocycles. The third-order valence-corrected chi connectivity index (χ3v) is 6.19. The molecule has 1 aliphatic carbocycles. The highest BCUT2D eigenvalue weighted by Gasteiger charge is 2.49. The second kappa shape index (κ2) is 8.26. The van der Waals surface area contributed by atoms with Crippen LogP contribution in [-0.2, 0) is 16.1 Å². The van der Waals surface area contributed by atoms with Crippen molar-refractivity contribution in [3.05, 3.63) is 64.2 Å². The SMILES string of the molecule is CCN(Cc1ccccc1)c1ccc(N2C(=O)[C@H]3CCCC[C@@H]3C2=O)cc1[N+](=O)[O-]. The molecule has 0 unspecified atom stereocenters. The number of carbonyl (C=O) groups is 2. The van der Waals surface area contributed by atoms with Crippen LogP contribution in [0.5, 0.6) is 0 Å². The Morgan fingerprint density at radius 2 is 1.67 bits per heavy atom. The molecular formula is C23H25N3O4. The Morgan fingerprint density at radius 3 is 2.23 bits per heavy atom. The van der Waals surface area contributed by atoms with E-state index in [2.05, 4.69) is 0 Å². The van der Waals surface area contributed by atoms with Gasteiger partial charge in [-0.25, -0.2) is 4.90 Å². The lowest BCUT2D eigenvalue weighted by Crippen LogP contribution is -2.31. The Balaban J connectivity index is 1.67. The van der Waals surface area contributed by atoms with E-state index in [0.29, 0.717) is 37.3 Å². The Labute approximate surface area is 175 Å². The molecule has 2 fully saturated rings. The lowest BCUT2D eigenvalue weighted by Gasteiger charge is -2.24. The third-order valence-electron chi connectivity index (χ3n) is 6.19. The molecule has 156 valence electrons. The van der Waals surface area contributed by atoms with Gasteiger partial charge in [0.25, 0.3) is 5.69 Å². The number of rotatable bonds is 6. The van der Waals surface area contributed by atoms with Crippen LogP contribution in [0.1, 0.15) is 38.2 Å². The van der Waals surface area contributed by atoms with Gasteiger partial charge in [0.05, 0.1) is 22.4 Å². The second-order valence-electron chi connectivity index (χ2n) is 7.94. The number of nitrogens with zero attached hydrogens (tertiary/aromatic N) is 3. The second-order valence-corrected chi connectivity index (χ2v) is 7.94. The van der Waals surface area contributed by atoms with E-state index in [9.17, 15) is 19.7 Å². The maximum absolute atomic E-state index is 12.9. The zero-order chi connectivity index (χ0) is 21.3. The van der Waals surface area contributed by atoms with Crippen molar-refractivity contribution >= 4 is 28.9 Å². The lowest BCUT2D eigenvalue weighted by molar-refractivity contribution is -0.384. The fourth-order valence-electron chi connectivity index (χ4n) is 4.65. The van der Waals surface area contributed by atoms with E-state index >= 15 is 0 Å². The van der Waals surface area contributed by atoms with Crippen LogP contribution in [-0.4, -0.2) is 23.3 Å². The highest BCUT2D eigenvalue weighted by atomic mass is 16.6. The number of carbonyl (C=O) groups excluding carboxylic acids is 2. The Bertz CT molecular complexity index is 952. The predicted molar refractivity (Wildman–Crippen MR) is 114 cm³/mol. The molecule has 2 amide bonds. The van der Waals surface area contributed by atoms with Crippen LogP contribution in [0.2, 0.25) is 0 Å². The summed E-state index contributed by atoms with van der Waals surface area (Å²) in [6, 6.07) is 14.4. The minimum absolute atomic E-state index is 0.0965. The molecule has 0 bridgehead atoms. The molecule has 2 aliphatic rings. The summed E-state index contributed by atoms with van der Waals surface area (Å²) in [6.45, 7) is 3.06. The lowest BCUT2D eigenvalue weighted by atomic mass is 9.81. The third kappa shape index (κ3) is 3.56. The van der Waals surface area contributed by atoms with Gasteiger partial charge >= 0.3 is 0 Å². The summed E-state index contributed by atoms with van der Waals surface area (Å²) in [5.41, 5.74) is 1.73. The van der Waals surface area contributed by atoms with Crippen molar-refractivity contribution in [2.75, 3.05) is 16.3 Å². The van der Waals surface area contributed by atoms with Gasteiger partial charge in [0, 0.05) is 19.2 Å². The molecular weight excluding hydrogens is 382 g/mol. The molecule has 30 heavy (non-hydrogen) atoms. The van der Waals surface area contributed by atoms with Crippen LogP contribution in [0, 0.1) is 22.0 Å². The topological polar surface area (TPSA) is 83.8 Å². The van der Waals surface area contributed by atoms with Crippen molar-refractivity contribution in [2.45, 2.75) is 39.2 Å². The molecule has 0 aromatic heterocycles. The molecule has 0 spiro atoms. The largest absolute Gasteiger partial charge is 0.362 e. The quantitative estimate of drug-likeness (QED) is 0.405. The van der Waals surface area contributed by atoms with Gasteiger partial charge in [-0.15, -0.1) is 0 Å². The van der Waals surface area contributed by atoms with Gasteiger partial charge in [0.1, 0.15) is 5.69 Å². The van der Waals surface area contributed by atoms with Gasteiger partial charge in [0.15, 0.2) is 0 Å². The highest BCUT2D eigenvalue weighted by molar-refractivity contribution is 6.22. The van der Waals surface area contributed by atoms with Crippen LogP contribution in [0.25, 0.3) is 0 Å². The number of amides is 2. The van der Waals surface area contributed by atoms with Gasteiger partial charge in [0.2, 0.25) is 11.8 Å². The number of benzene rings is 2. The zero-order valence-electron chi connectivity index (χ0n) is 17.0. The molecule has 2 aromatic rings. The first-order valence-electron chi connectivity index (χ1n) is 10.5. The molecule has 1 saturated heterocycles. The molecule has 7 nitrogen and oxygen atoms in total. The Morgan fingerprint density at radius 1 is 1.03 bits per heavy atom. The Hall–Kier alpha value is -3.22. The van der Waals surface area contributed by atoms with Gasteiger partial charge in [-0.3, -0.25) is 19.7 Å². The summed E-state index contributed by atoms with van der Waals surface area (Å²) in [5, 5.41) is 11.9. The molecule has 0 radical (unpaired) electrons. The van der Waals surface area contributed by atoms with E-state index in [-0.39, 0.29) is 29.3 Å². The number of nitro groups is 1. The van der Waals surface area contributed by atoms with Crippen molar-refractivity contribution < 1.29 is 14.5 Å². The standard InChI is InChI=1S/C23H25N3O4/c1-2-24(15-16-8-4-3-5-9-16)20-13-12-17(14-21(20)26(29)30)25-22(27)18-10-6-7-11-19(18)23(25)28/h3-5,8-9,12-14,18-19H,2,6-7,10-11,15H2,1H3/t18-,19-/m0/s1. The van der Waals surface area contributed by atoms with Gasteiger partial charge < -0.3 is 4.90 Å². The number of fused-ring (bicyclic) bond motifs is 1. The smallest absolute Gasteiger partial charge is 0.294 e. The normalized spacial score (nSPS) is 20.9. The maximum Gasteiger partial charge on any atom is 0.294 e. The number of nitro benzene ring substituents is 1. The van der Waals surface area contributed by atoms with Crippen molar-refractivity contribution in [2.24, 2.45) is 11.8 Å². The van der Waals surface area contributed by atoms with Crippen LogP contribution < -0.4 is 9.80 Å². The first-order valence-corrected chi connectivity index (χ1v) is 10.5. The van der Waals surface area contributed by atoms with Crippen molar-refractivity contribution in [1.29, 1.82) is 0 Å². The van der Waals surface area contributed by atoms with E-state index < -0.39 is 4.92 Å². The first-order chi connectivity index (χ1) is 14.5. The van der Waals surface area contributed by atoms with E-state index in [4.69, 9.17) is 0 Å². The van der Waals surface area contributed by atoms with Crippen molar-refractivity contribution in [3.63, 3.8) is 0 Å². The summed E-state index contributed by atoms with van der Waals surface area (Å²) in [4.78, 5) is 40.3. The molecule has 7 heteroatoms. The van der Waals surface area contributed by atoms with E-state index in [1.54, 1.807) is 12.1 Å². The van der Waals surface area contributed by atoms with E-state index in [0.717, 1.165) is 18.4 Å². The molecule has 4 rings (SSSR count). The fraction of sp³-hybridized carbons (Fsp3) is 0.391. The summed E-state index contributed by atoms with van der Waals surface area (Å²) in [6.07, 6.45) is 3.31. The monoisotopic (exact) mass is 407 g/mol. The fourth-order valence-corrected chi connectivity index (χ4v) is 4.65. The highest BCUT2D eigenvalue weighted by Crippen LogP contribution is 2.42. The Kier molecular flexibility index (Phi) is 5.53. The summed E-state index contributed by atoms with van der Waals surface area (Å²) in [7, 11) is 0. The summed E-state index contributed by atoms with van der Waals surface area (Å²) >= 11 is 0. The van der Waals surface area contributed by atoms with Crippen LogP contribution in [0.4, 0.5) is 17.1 Å². The van der Waals surface area contributed by atoms with Gasteiger partial charge in [-0.1, -0.05) is 43.2 Å². The summed E-state index contributed by atoms with van der Waals surface area (Å²) in [5.74, 6) is -1.00. The average molecular weight is 407 g/mol. The molecule has 0 N–H and O–H groups in total. The van der Waals surface area contributed by atoms with E-state index in [1.807, 2.05) is 42.2 Å². The average Bonchev–Trinajstić information content (AvgIpc) is 3.03. The minimum atomic E-state index is -0.440. The minimum Gasteiger partial charge on any atom is -0.362 e. The predicted octanol–water partition coefficient (Wildman–Crippen LogP) is 4.30. The number of hydrogen-bond donors (Lipinski definition) is 0. The molecule has 1 heterocycles. The zero-order valence-corrected chi connectivity index (χ0v) is 17.0. The van der Waals surface area contributed by atoms with Gasteiger partial charge in [-0.05, 0) is 37.5 Å². The number of hydrogen-bond acceptors (Lipinski definition) is 5. The maximum atomic E-state index is 12.9.